The van der Waals surface area contributed by atoms with Crippen molar-refractivity contribution >= 4 is 0 Å². The van der Waals surface area contributed by atoms with Gasteiger partial charge < -0.3 is 10.2 Å². The molecule has 1 heterocycles. The van der Waals surface area contributed by atoms with Gasteiger partial charge in [-0.2, -0.15) is 0 Å². The largest absolute Gasteiger partial charge is 0.313 e. The van der Waals surface area contributed by atoms with Gasteiger partial charge in [-0.1, -0.05) is 0 Å². The van der Waals surface area contributed by atoms with Crippen LogP contribution in [-0.2, 0) is 0 Å². The predicted molar refractivity (Wildman–Crippen MR) is 64.2 cm³/mol. The Labute approximate surface area is 93.8 Å². The van der Waals surface area contributed by atoms with Crippen molar-refractivity contribution < 1.29 is 0 Å². The third kappa shape index (κ3) is 2.52. The molecule has 0 bridgehead atoms. The summed E-state index contributed by atoms with van der Waals surface area (Å²) in [6.45, 7) is 8.21. The van der Waals surface area contributed by atoms with Crippen LogP contribution in [0.3, 0.4) is 0 Å². The topological polar surface area (TPSA) is 18.5 Å². The van der Waals surface area contributed by atoms with Crippen LogP contribution in [0.4, 0.5) is 0 Å². The highest BCUT2D eigenvalue weighted by Crippen LogP contribution is 2.35. The van der Waals surface area contributed by atoms with Crippen LogP contribution >= 0.6 is 0 Å². The van der Waals surface area contributed by atoms with Crippen LogP contribution in [0.25, 0.3) is 0 Å². The quantitative estimate of drug-likeness (QED) is 0.743. The first-order valence-electron chi connectivity index (χ1n) is 6.14. The summed E-state index contributed by atoms with van der Waals surface area (Å²) in [5, 5.41) is 3.57. The van der Waals surface area contributed by atoms with Crippen molar-refractivity contribution in [1.82, 2.24) is 15.1 Å². The fourth-order valence-electron chi connectivity index (χ4n) is 2.95. The molecule has 0 aromatic rings. The molecule has 1 saturated heterocycles. The molecule has 88 valence electrons. The lowest BCUT2D eigenvalue weighted by Crippen LogP contribution is -2.65. The van der Waals surface area contributed by atoms with Crippen molar-refractivity contribution in [3.05, 3.63) is 0 Å². The Kier molecular flexibility index (Phi) is 3.06. The van der Waals surface area contributed by atoms with Gasteiger partial charge in [-0.05, 0) is 40.8 Å². The van der Waals surface area contributed by atoms with Crippen molar-refractivity contribution in [3.63, 3.8) is 0 Å². The van der Waals surface area contributed by atoms with Crippen LogP contribution in [0.5, 0.6) is 0 Å². The van der Waals surface area contributed by atoms with E-state index in [-0.39, 0.29) is 0 Å². The van der Waals surface area contributed by atoms with E-state index in [2.05, 4.69) is 43.1 Å². The average Bonchev–Trinajstić information content (AvgIpc) is 2.84. The van der Waals surface area contributed by atoms with Crippen molar-refractivity contribution in [2.24, 2.45) is 0 Å². The van der Waals surface area contributed by atoms with Gasteiger partial charge in [-0.3, -0.25) is 4.90 Å². The van der Waals surface area contributed by atoms with Gasteiger partial charge in [0.15, 0.2) is 0 Å². The minimum atomic E-state index is 0.333. The minimum absolute atomic E-state index is 0.333. The lowest BCUT2D eigenvalue weighted by atomic mass is 9.95. The molecule has 0 spiro atoms. The maximum Gasteiger partial charge on any atom is 0.0356 e. The lowest BCUT2D eigenvalue weighted by molar-refractivity contribution is 0.0179. The molecule has 1 aliphatic heterocycles. The lowest BCUT2D eigenvalue weighted by Gasteiger charge is -2.49. The van der Waals surface area contributed by atoms with Crippen LogP contribution < -0.4 is 5.32 Å². The summed E-state index contributed by atoms with van der Waals surface area (Å²) in [4.78, 5) is 5.08. The Balaban J connectivity index is 2.06. The molecule has 0 aromatic carbocycles. The molecule has 0 amide bonds. The molecular weight excluding hydrogens is 186 g/mol. The summed E-state index contributed by atoms with van der Waals surface area (Å²) in [6, 6.07) is 1.56. The molecule has 1 saturated carbocycles. The zero-order chi connectivity index (χ0) is 11.1. The first kappa shape index (κ1) is 11.4. The number of hydrogen-bond acceptors (Lipinski definition) is 3. The molecule has 2 fully saturated rings. The average molecular weight is 211 g/mol. The fourth-order valence-corrected chi connectivity index (χ4v) is 2.95. The third-order valence-corrected chi connectivity index (χ3v) is 3.55. The highest BCUT2D eigenvalue weighted by Gasteiger charge is 2.44. The van der Waals surface area contributed by atoms with Gasteiger partial charge in [-0.25, -0.2) is 0 Å². The molecule has 15 heavy (non-hydrogen) atoms. The Morgan fingerprint density at radius 1 is 1.33 bits per heavy atom. The standard InChI is InChI=1S/C12H25N3/c1-12(2)9-13-7-11(8-14(3)4)15(12)10-5-6-10/h10-11,13H,5-9H2,1-4H3. The third-order valence-electron chi connectivity index (χ3n) is 3.55. The van der Waals surface area contributed by atoms with Crippen LogP contribution in [0, 0.1) is 0 Å². The highest BCUT2D eigenvalue weighted by atomic mass is 15.3. The first-order valence-corrected chi connectivity index (χ1v) is 6.14. The predicted octanol–water partition coefficient (Wildman–Crippen LogP) is 0.763. The van der Waals surface area contributed by atoms with Gasteiger partial charge in [0.05, 0.1) is 0 Å². The van der Waals surface area contributed by atoms with Gasteiger partial charge in [0.2, 0.25) is 0 Å². The van der Waals surface area contributed by atoms with E-state index in [1.54, 1.807) is 0 Å². The van der Waals surface area contributed by atoms with Crippen molar-refractivity contribution in [2.75, 3.05) is 33.7 Å². The van der Waals surface area contributed by atoms with Crippen molar-refractivity contribution in [2.45, 2.75) is 44.3 Å². The number of nitrogens with zero attached hydrogens (tertiary/aromatic N) is 2. The van der Waals surface area contributed by atoms with Crippen LogP contribution in [-0.4, -0.2) is 61.2 Å². The second kappa shape index (κ2) is 4.04. The van der Waals surface area contributed by atoms with Gasteiger partial charge in [-0.15, -0.1) is 0 Å². The molecule has 2 aliphatic rings. The summed E-state index contributed by atoms with van der Waals surface area (Å²) in [6.07, 6.45) is 2.82. The molecule has 1 unspecified atom stereocenters. The van der Waals surface area contributed by atoms with E-state index < -0.39 is 0 Å². The van der Waals surface area contributed by atoms with Crippen LogP contribution in [0.2, 0.25) is 0 Å². The fraction of sp³-hybridized carbons (Fsp3) is 1.00. The Morgan fingerprint density at radius 3 is 2.53 bits per heavy atom. The van der Waals surface area contributed by atoms with Crippen molar-refractivity contribution in [1.29, 1.82) is 0 Å². The summed E-state index contributed by atoms with van der Waals surface area (Å²) >= 11 is 0. The normalized spacial score (nSPS) is 32.2. The zero-order valence-corrected chi connectivity index (χ0v) is 10.6. The molecule has 3 heteroatoms. The van der Waals surface area contributed by atoms with E-state index in [4.69, 9.17) is 0 Å². The van der Waals surface area contributed by atoms with Crippen molar-refractivity contribution in [3.8, 4) is 0 Å². The SMILES string of the molecule is CN(C)CC1CNCC(C)(C)N1C1CC1. The van der Waals surface area contributed by atoms with Gasteiger partial charge in [0.25, 0.3) is 0 Å². The maximum absolute atomic E-state index is 3.57. The van der Waals surface area contributed by atoms with E-state index in [0.717, 1.165) is 19.1 Å². The smallest absolute Gasteiger partial charge is 0.0356 e. The molecule has 3 nitrogen and oxygen atoms in total. The Hall–Kier alpha value is -0.120. The first-order chi connectivity index (χ1) is 7.00. The summed E-state index contributed by atoms with van der Waals surface area (Å²) in [5.74, 6) is 0. The maximum atomic E-state index is 3.57. The van der Waals surface area contributed by atoms with E-state index in [0.29, 0.717) is 11.6 Å². The van der Waals surface area contributed by atoms with Gasteiger partial charge >= 0.3 is 0 Å². The zero-order valence-electron chi connectivity index (χ0n) is 10.6. The Morgan fingerprint density at radius 2 is 2.00 bits per heavy atom. The molecular formula is C12H25N3. The molecule has 1 aliphatic carbocycles. The number of likely N-dealkylation sites (N-methyl/N-ethyl adjacent to an activating group) is 1. The van der Waals surface area contributed by atoms with Gasteiger partial charge in [0, 0.05) is 37.3 Å². The van der Waals surface area contributed by atoms with E-state index in [1.165, 1.54) is 19.4 Å². The second-order valence-electron chi connectivity index (χ2n) is 6.00. The van der Waals surface area contributed by atoms with E-state index >= 15 is 0 Å². The molecule has 1 atom stereocenters. The van der Waals surface area contributed by atoms with Crippen LogP contribution in [0.1, 0.15) is 26.7 Å². The van der Waals surface area contributed by atoms with E-state index in [9.17, 15) is 0 Å². The molecule has 0 aromatic heterocycles. The van der Waals surface area contributed by atoms with E-state index in [1.807, 2.05) is 0 Å². The van der Waals surface area contributed by atoms with Gasteiger partial charge in [0.1, 0.15) is 0 Å². The molecule has 2 rings (SSSR count). The minimum Gasteiger partial charge on any atom is -0.313 e. The summed E-state index contributed by atoms with van der Waals surface area (Å²) in [5.41, 5.74) is 0.333. The number of nitrogens with one attached hydrogen (secondary N) is 1. The molecule has 1 N–H and O–H groups in total. The molecule has 0 radical (unpaired) electrons. The second-order valence-corrected chi connectivity index (χ2v) is 6.00. The number of piperazine rings is 1. The van der Waals surface area contributed by atoms with Crippen LogP contribution in [0.15, 0.2) is 0 Å². The Bertz CT molecular complexity index is 221. The number of rotatable bonds is 3. The summed E-state index contributed by atoms with van der Waals surface area (Å²) < 4.78 is 0. The number of hydrogen-bond donors (Lipinski definition) is 1. The monoisotopic (exact) mass is 211 g/mol. The summed E-state index contributed by atoms with van der Waals surface area (Å²) in [7, 11) is 4.35. The highest BCUT2D eigenvalue weighted by molar-refractivity contribution is 5.02.